The highest BCUT2D eigenvalue weighted by molar-refractivity contribution is 7.17. The molecule has 2 N–H and O–H groups in total. The van der Waals surface area contributed by atoms with Gasteiger partial charge in [0, 0.05) is 17.9 Å². The third kappa shape index (κ3) is 3.85. The summed E-state index contributed by atoms with van der Waals surface area (Å²) >= 11 is 2.33. The van der Waals surface area contributed by atoms with Gasteiger partial charge in [-0.3, -0.25) is 19.5 Å². The molecule has 4 heterocycles. The molecule has 1 unspecified atom stereocenters. The Morgan fingerprint density at radius 1 is 1.40 bits per heavy atom. The van der Waals surface area contributed by atoms with Crippen LogP contribution in [0.5, 0.6) is 0 Å². The Bertz CT molecular complexity index is 1180. The molecule has 3 aromatic heterocycles. The summed E-state index contributed by atoms with van der Waals surface area (Å²) in [5.74, 6) is -1.40. The maximum atomic E-state index is 13.1. The molecule has 0 spiro atoms. The van der Waals surface area contributed by atoms with E-state index in [2.05, 4.69) is 20.5 Å². The average Bonchev–Trinajstić information content (AvgIpc) is 3.43. The number of carboxylic acid groups (broad SMARTS) is 1. The molecule has 158 valence electrons. The van der Waals surface area contributed by atoms with E-state index in [-0.39, 0.29) is 29.5 Å². The summed E-state index contributed by atoms with van der Waals surface area (Å²) in [5, 5.41) is 22.5. The molecule has 1 amide bonds. The molecule has 1 aliphatic rings. The lowest BCUT2D eigenvalue weighted by Gasteiger charge is -2.14. The van der Waals surface area contributed by atoms with Gasteiger partial charge in [-0.1, -0.05) is 25.2 Å². The molecular formula is C18H19N5O5S2. The van der Waals surface area contributed by atoms with Gasteiger partial charge < -0.3 is 9.84 Å². The van der Waals surface area contributed by atoms with E-state index in [1.165, 1.54) is 21.3 Å². The van der Waals surface area contributed by atoms with Crippen molar-refractivity contribution in [3.8, 4) is 0 Å². The number of aromatic carboxylic acids is 1. The third-order valence-corrected chi connectivity index (χ3v) is 6.47. The van der Waals surface area contributed by atoms with E-state index in [1.807, 2.05) is 13.8 Å². The molecule has 1 aliphatic heterocycles. The van der Waals surface area contributed by atoms with E-state index >= 15 is 0 Å². The van der Waals surface area contributed by atoms with Crippen molar-refractivity contribution in [3.63, 3.8) is 0 Å². The van der Waals surface area contributed by atoms with Gasteiger partial charge in [0.2, 0.25) is 11.0 Å². The van der Waals surface area contributed by atoms with E-state index in [0.717, 1.165) is 24.2 Å². The summed E-state index contributed by atoms with van der Waals surface area (Å²) in [4.78, 5) is 41.9. The second-order valence-electron chi connectivity index (χ2n) is 7.15. The lowest BCUT2D eigenvalue weighted by molar-refractivity contribution is -0.116. The van der Waals surface area contributed by atoms with E-state index in [4.69, 9.17) is 4.74 Å². The van der Waals surface area contributed by atoms with Gasteiger partial charge in [-0.25, -0.2) is 9.78 Å². The van der Waals surface area contributed by atoms with Gasteiger partial charge in [0.25, 0.3) is 5.56 Å². The first kappa shape index (κ1) is 20.6. The normalized spacial score (nSPS) is 16.4. The molecule has 0 bridgehead atoms. The summed E-state index contributed by atoms with van der Waals surface area (Å²) in [6.07, 6.45) is 1.74. The fourth-order valence-corrected chi connectivity index (χ4v) is 5.03. The molecule has 0 saturated carbocycles. The monoisotopic (exact) mass is 449 g/mol. The van der Waals surface area contributed by atoms with Crippen molar-refractivity contribution in [1.82, 2.24) is 19.7 Å². The van der Waals surface area contributed by atoms with Crippen LogP contribution in [0.15, 0.2) is 10.2 Å². The van der Waals surface area contributed by atoms with Crippen LogP contribution in [0, 0.1) is 0 Å². The summed E-state index contributed by atoms with van der Waals surface area (Å²) in [5.41, 5.74) is -0.655. The van der Waals surface area contributed by atoms with Crippen LogP contribution >= 0.6 is 22.7 Å². The lowest BCUT2D eigenvalue weighted by Crippen LogP contribution is -2.32. The van der Waals surface area contributed by atoms with Crippen molar-refractivity contribution < 1.29 is 19.4 Å². The van der Waals surface area contributed by atoms with Crippen molar-refractivity contribution in [2.75, 3.05) is 11.9 Å². The number of aromatic nitrogens is 4. The smallest absolute Gasteiger partial charge is 0.337 e. The summed E-state index contributed by atoms with van der Waals surface area (Å²) in [7, 11) is 0. The van der Waals surface area contributed by atoms with Crippen molar-refractivity contribution >= 4 is 49.9 Å². The van der Waals surface area contributed by atoms with Crippen LogP contribution in [-0.4, -0.2) is 43.3 Å². The van der Waals surface area contributed by atoms with Gasteiger partial charge in [-0.2, -0.15) is 0 Å². The van der Waals surface area contributed by atoms with Gasteiger partial charge in [0.05, 0.1) is 10.9 Å². The highest BCUT2D eigenvalue weighted by atomic mass is 32.1. The standard InChI is InChI=1S/C18H19N5O5S2/c1-8(2)13-20-15-12(9(7-29-15)17(26)27)16(25)23(13)6-11(24)19-18-22-21-14(30-18)10-4-3-5-28-10/h7-8,10H,3-6H2,1-2H3,(H,26,27)(H,19,22,24). The molecule has 3 aromatic rings. The number of nitrogens with zero attached hydrogens (tertiary/aromatic N) is 4. The molecule has 10 nitrogen and oxygen atoms in total. The topological polar surface area (TPSA) is 136 Å². The van der Waals surface area contributed by atoms with Gasteiger partial charge in [0.1, 0.15) is 28.3 Å². The number of nitrogens with one attached hydrogen (secondary N) is 1. The van der Waals surface area contributed by atoms with Crippen LogP contribution in [0.1, 0.15) is 59.9 Å². The minimum Gasteiger partial charge on any atom is -0.478 e. The Kier molecular flexibility index (Phi) is 5.62. The molecular weight excluding hydrogens is 430 g/mol. The SMILES string of the molecule is CC(C)c1nc2scc(C(=O)O)c2c(=O)n1CC(=O)Nc1nnc(C2CCCO2)s1. The molecule has 1 atom stereocenters. The number of carbonyl (C=O) groups is 2. The number of rotatable bonds is 6. The first-order valence-corrected chi connectivity index (χ1v) is 11.0. The largest absolute Gasteiger partial charge is 0.478 e. The van der Waals surface area contributed by atoms with Gasteiger partial charge in [-0.05, 0) is 12.8 Å². The number of amides is 1. The Morgan fingerprint density at radius 3 is 2.87 bits per heavy atom. The number of hydrogen-bond acceptors (Lipinski definition) is 9. The van der Waals surface area contributed by atoms with Crippen LogP contribution < -0.4 is 10.9 Å². The Hall–Kier alpha value is -2.70. The molecule has 1 saturated heterocycles. The predicted octanol–water partition coefficient (Wildman–Crippen LogP) is 2.62. The highest BCUT2D eigenvalue weighted by Crippen LogP contribution is 2.32. The summed E-state index contributed by atoms with van der Waals surface area (Å²) in [6, 6.07) is 0. The maximum absolute atomic E-state index is 13.1. The average molecular weight is 450 g/mol. The number of hydrogen-bond donors (Lipinski definition) is 2. The number of anilines is 1. The minimum absolute atomic E-state index is 0.0151. The molecule has 0 radical (unpaired) electrons. The summed E-state index contributed by atoms with van der Waals surface area (Å²) in [6.45, 7) is 4.08. The zero-order valence-corrected chi connectivity index (χ0v) is 17.9. The van der Waals surface area contributed by atoms with E-state index in [0.29, 0.717) is 27.4 Å². The molecule has 0 aromatic carbocycles. The van der Waals surface area contributed by atoms with Gasteiger partial charge in [0.15, 0.2) is 0 Å². The van der Waals surface area contributed by atoms with E-state index < -0.39 is 17.4 Å². The van der Waals surface area contributed by atoms with Crippen molar-refractivity contribution in [1.29, 1.82) is 0 Å². The fraction of sp³-hybridized carbons (Fsp3) is 0.444. The number of carbonyl (C=O) groups excluding carboxylic acids is 1. The molecule has 12 heteroatoms. The van der Waals surface area contributed by atoms with Crippen LogP contribution in [0.2, 0.25) is 0 Å². The Morgan fingerprint density at radius 2 is 2.20 bits per heavy atom. The summed E-state index contributed by atoms with van der Waals surface area (Å²) < 4.78 is 6.79. The van der Waals surface area contributed by atoms with Crippen molar-refractivity contribution in [3.05, 3.63) is 32.1 Å². The zero-order chi connectivity index (χ0) is 21.4. The van der Waals surface area contributed by atoms with Crippen LogP contribution in [0.4, 0.5) is 5.13 Å². The quantitative estimate of drug-likeness (QED) is 0.586. The van der Waals surface area contributed by atoms with E-state index in [1.54, 1.807) is 0 Å². The Balaban J connectivity index is 1.62. The van der Waals surface area contributed by atoms with E-state index in [9.17, 15) is 19.5 Å². The van der Waals surface area contributed by atoms with Crippen molar-refractivity contribution in [2.24, 2.45) is 0 Å². The van der Waals surface area contributed by atoms with Gasteiger partial charge in [-0.15, -0.1) is 21.5 Å². The number of ether oxygens (including phenoxy) is 1. The van der Waals surface area contributed by atoms with Gasteiger partial charge >= 0.3 is 5.97 Å². The second-order valence-corrected chi connectivity index (χ2v) is 9.01. The van der Waals surface area contributed by atoms with Crippen molar-refractivity contribution in [2.45, 2.75) is 45.3 Å². The predicted molar refractivity (Wildman–Crippen MR) is 111 cm³/mol. The Labute approximate surface area is 178 Å². The maximum Gasteiger partial charge on any atom is 0.337 e. The number of fused-ring (bicyclic) bond motifs is 1. The zero-order valence-electron chi connectivity index (χ0n) is 16.2. The van der Waals surface area contributed by atoms with Crippen LogP contribution in [0.25, 0.3) is 10.2 Å². The molecule has 30 heavy (non-hydrogen) atoms. The lowest BCUT2D eigenvalue weighted by atomic mass is 10.2. The minimum atomic E-state index is -1.20. The second kappa shape index (κ2) is 8.20. The molecule has 0 aliphatic carbocycles. The molecule has 4 rings (SSSR count). The van der Waals surface area contributed by atoms with Crippen LogP contribution in [-0.2, 0) is 16.1 Å². The van der Waals surface area contributed by atoms with Crippen LogP contribution in [0.3, 0.4) is 0 Å². The number of thiophene rings is 1. The first-order valence-electron chi connectivity index (χ1n) is 9.35. The molecule has 1 fully saturated rings. The third-order valence-electron chi connectivity index (χ3n) is 4.66. The highest BCUT2D eigenvalue weighted by Gasteiger charge is 2.24. The first-order chi connectivity index (χ1) is 14.3. The fourth-order valence-electron chi connectivity index (χ4n) is 3.28. The number of carboxylic acids is 1.